The fraction of sp³-hybridized carbons (Fsp3) is 0.571. The number of carbonyl (C=O) groups is 2. The third-order valence-electron chi connectivity index (χ3n) is 4.46. The molecule has 0 bridgehead atoms. The molecule has 0 spiro atoms. The average Bonchev–Trinajstić information content (AvgIpc) is 3.09. The summed E-state index contributed by atoms with van der Waals surface area (Å²) in [6.45, 7) is 9.48. The summed E-state index contributed by atoms with van der Waals surface area (Å²) >= 11 is 0. The van der Waals surface area contributed by atoms with E-state index in [0.717, 1.165) is 17.7 Å². The number of ether oxygens (including phenoxy) is 1. The number of nitrogens with one attached hydrogen (secondary N) is 1. The fourth-order valence-electron chi connectivity index (χ4n) is 2.82. The van der Waals surface area contributed by atoms with Crippen molar-refractivity contribution < 1.29 is 19.2 Å². The molecular formula is C21H30N2O4. The van der Waals surface area contributed by atoms with Gasteiger partial charge in [0.1, 0.15) is 5.60 Å². The van der Waals surface area contributed by atoms with E-state index in [-0.39, 0.29) is 11.7 Å². The number of hydrogen-bond acceptors (Lipinski definition) is 5. The van der Waals surface area contributed by atoms with Gasteiger partial charge in [-0.25, -0.2) is 4.79 Å². The van der Waals surface area contributed by atoms with Crippen molar-refractivity contribution in [2.45, 2.75) is 71.6 Å². The molecule has 0 unspecified atom stereocenters. The van der Waals surface area contributed by atoms with Crippen LogP contribution in [0.1, 0.15) is 59.4 Å². The first-order valence-corrected chi connectivity index (χ1v) is 9.51. The van der Waals surface area contributed by atoms with Gasteiger partial charge in [-0.05, 0) is 38.7 Å². The number of hydrogen-bond donors (Lipinski definition) is 1. The molecule has 1 heterocycles. The van der Waals surface area contributed by atoms with E-state index in [4.69, 9.17) is 9.57 Å². The molecule has 0 aromatic heterocycles. The Labute approximate surface area is 161 Å². The number of nitrogens with zero attached hydrogens (tertiary/aromatic N) is 1. The lowest BCUT2D eigenvalue weighted by Crippen LogP contribution is -2.47. The van der Waals surface area contributed by atoms with E-state index >= 15 is 0 Å². The van der Waals surface area contributed by atoms with Crippen molar-refractivity contribution in [3.8, 4) is 0 Å². The lowest BCUT2D eigenvalue weighted by atomic mass is 9.92. The normalized spacial score (nSPS) is 18.9. The molecule has 148 valence electrons. The summed E-state index contributed by atoms with van der Waals surface area (Å²) in [6, 6.07) is 8.97. The van der Waals surface area contributed by atoms with E-state index in [1.165, 1.54) is 0 Å². The van der Waals surface area contributed by atoms with Gasteiger partial charge in [0.25, 0.3) is 0 Å². The summed E-state index contributed by atoms with van der Waals surface area (Å²) in [5.74, 6) is 0.112. The van der Waals surface area contributed by atoms with Gasteiger partial charge in [0.05, 0.1) is 11.8 Å². The monoisotopic (exact) mass is 374 g/mol. The van der Waals surface area contributed by atoms with E-state index < -0.39 is 23.8 Å². The van der Waals surface area contributed by atoms with Gasteiger partial charge >= 0.3 is 6.09 Å². The topological polar surface area (TPSA) is 77.0 Å². The number of Topliss-reactive ketones (excluding diaryl/α,β-unsaturated/α-hetero) is 1. The number of amides is 1. The van der Waals surface area contributed by atoms with Gasteiger partial charge in [-0.3, -0.25) is 4.79 Å². The second kappa shape index (κ2) is 9.02. The minimum atomic E-state index is -0.691. The zero-order valence-electron chi connectivity index (χ0n) is 16.8. The molecule has 3 atom stereocenters. The molecule has 1 aromatic carbocycles. The van der Waals surface area contributed by atoms with Gasteiger partial charge in [-0.15, -0.1) is 0 Å². The van der Waals surface area contributed by atoms with Crippen LogP contribution in [0, 0.1) is 5.92 Å². The molecule has 6 heteroatoms. The summed E-state index contributed by atoms with van der Waals surface area (Å²) in [4.78, 5) is 30.6. The second-order valence-electron chi connectivity index (χ2n) is 8.05. The highest BCUT2D eigenvalue weighted by Crippen LogP contribution is 2.21. The Morgan fingerprint density at radius 3 is 2.56 bits per heavy atom. The summed E-state index contributed by atoms with van der Waals surface area (Å²) in [6.07, 6.45) is 0.567. The predicted octanol–water partition coefficient (Wildman–Crippen LogP) is 4.08. The number of ketones is 1. The predicted molar refractivity (Wildman–Crippen MR) is 105 cm³/mol. The first-order chi connectivity index (χ1) is 12.7. The molecule has 1 aromatic rings. The van der Waals surface area contributed by atoms with E-state index in [2.05, 4.69) is 24.3 Å². The Balaban J connectivity index is 2.04. The summed E-state index contributed by atoms with van der Waals surface area (Å²) in [5, 5.41) is 6.81. The Morgan fingerprint density at radius 1 is 1.30 bits per heavy atom. The first kappa shape index (κ1) is 20.9. The molecule has 0 aliphatic carbocycles. The molecule has 0 saturated carbocycles. The van der Waals surface area contributed by atoms with Crippen molar-refractivity contribution >= 4 is 17.6 Å². The number of carbonyl (C=O) groups excluding carboxylic acids is 2. The number of rotatable bonds is 7. The van der Waals surface area contributed by atoms with Crippen LogP contribution in [-0.4, -0.2) is 35.3 Å². The van der Waals surface area contributed by atoms with E-state index in [0.29, 0.717) is 12.8 Å². The van der Waals surface area contributed by atoms with Crippen LogP contribution in [0.25, 0.3) is 0 Å². The SMILES string of the molecule is CC[C@H](C)C[C@H](NC(=O)OC(C)(C)C)C(=O)[C@@H]1CC(c2ccccc2)=NO1. The third kappa shape index (κ3) is 6.38. The standard InChI is InChI=1S/C21H30N2O4/c1-6-14(2)12-17(22-20(25)26-21(3,4)5)19(24)18-13-16(23-27-18)15-10-8-7-9-11-15/h7-11,14,17-18H,6,12-13H2,1-5H3,(H,22,25)/t14-,17-,18-/m0/s1. The number of alkyl carbamates (subject to hydrolysis) is 1. The van der Waals surface area contributed by atoms with Gasteiger partial charge in [-0.1, -0.05) is 55.8 Å². The van der Waals surface area contributed by atoms with E-state index in [1.54, 1.807) is 20.8 Å². The van der Waals surface area contributed by atoms with Crippen molar-refractivity contribution in [2.75, 3.05) is 0 Å². The minimum Gasteiger partial charge on any atom is -0.444 e. The largest absolute Gasteiger partial charge is 0.444 e. The highest BCUT2D eigenvalue weighted by atomic mass is 16.6. The molecule has 0 radical (unpaired) electrons. The van der Waals surface area contributed by atoms with Gasteiger partial charge in [-0.2, -0.15) is 0 Å². The second-order valence-corrected chi connectivity index (χ2v) is 8.05. The van der Waals surface area contributed by atoms with Crippen LogP contribution >= 0.6 is 0 Å². The molecule has 0 saturated heterocycles. The van der Waals surface area contributed by atoms with Crippen molar-refractivity contribution in [3.63, 3.8) is 0 Å². The maximum Gasteiger partial charge on any atom is 0.408 e. The average molecular weight is 374 g/mol. The first-order valence-electron chi connectivity index (χ1n) is 9.51. The fourth-order valence-corrected chi connectivity index (χ4v) is 2.82. The van der Waals surface area contributed by atoms with E-state index in [1.807, 2.05) is 30.3 Å². The molecule has 1 aliphatic rings. The Kier molecular flexibility index (Phi) is 6.99. The van der Waals surface area contributed by atoms with Crippen LogP contribution in [0.2, 0.25) is 0 Å². The highest BCUT2D eigenvalue weighted by molar-refractivity contribution is 6.05. The minimum absolute atomic E-state index is 0.171. The van der Waals surface area contributed by atoms with Gasteiger partial charge < -0.3 is 14.9 Å². The highest BCUT2D eigenvalue weighted by Gasteiger charge is 2.35. The lowest BCUT2D eigenvalue weighted by Gasteiger charge is -2.25. The quantitative estimate of drug-likeness (QED) is 0.780. The van der Waals surface area contributed by atoms with Crippen molar-refractivity contribution in [1.29, 1.82) is 0 Å². The van der Waals surface area contributed by atoms with Crippen molar-refractivity contribution in [3.05, 3.63) is 35.9 Å². The molecular weight excluding hydrogens is 344 g/mol. The summed E-state index contributed by atoms with van der Waals surface area (Å²) in [5.41, 5.74) is 1.06. The zero-order chi connectivity index (χ0) is 20.0. The van der Waals surface area contributed by atoms with Crippen LogP contribution < -0.4 is 5.32 Å². The molecule has 6 nitrogen and oxygen atoms in total. The van der Waals surface area contributed by atoms with Crippen molar-refractivity contribution in [2.24, 2.45) is 11.1 Å². The smallest absolute Gasteiger partial charge is 0.408 e. The zero-order valence-corrected chi connectivity index (χ0v) is 16.8. The summed E-state index contributed by atoms with van der Waals surface area (Å²) in [7, 11) is 0. The molecule has 1 amide bonds. The summed E-state index contributed by atoms with van der Waals surface area (Å²) < 4.78 is 5.31. The van der Waals surface area contributed by atoms with Crippen LogP contribution in [0.15, 0.2) is 35.5 Å². The molecule has 1 aliphatic heterocycles. The van der Waals surface area contributed by atoms with Gasteiger partial charge in [0.15, 0.2) is 11.9 Å². The van der Waals surface area contributed by atoms with Crippen molar-refractivity contribution in [1.82, 2.24) is 5.32 Å². The Morgan fingerprint density at radius 2 is 1.96 bits per heavy atom. The molecule has 0 fully saturated rings. The Hall–Kier alpha value is -2.37. The molecule has 27 heavy (non-hydrogen) atoms. The maximum absolute atomic E-state index is 13.0. The molecule has 2 rings (SSSR count). The van der Waals surface area contributed by atoms with Crippen LogP contribution in [-0.2, 0) is 14.4 Å². The van der Waals surface area contributed by atoms with E-state index in [9.17, 15) is 9.59 Å². The van der Waals surface area contributed by atoms with Gasteiger partial charge in [0.2, 0.25) is 0 Å². The van der Waals surface area contributed by atoms with Crippen LogP contribution in [0.3, 0.4) is 0 Å². The van der Waals surface area contributed by atoms with Gasteiger partial charge in [0, 0.05) is 6.42 Å². The van der Waals surface area contributed by atoms with Crippen LogP contribution in [0.5, 0.6) is 0 Å². The lowest BCUT2D eigenvalue weighted by molar-refractivity contribution is -0.131. The molecule has 1 N–H and O–H groups in total. The number of benzene rings is 1. The maximum atomic E-state index is 13.0. The Bertz CT molecular complexity index is 679. The van der Waals surface area contributed by atoms with Crippen LogP contribution in [0.4, 0.5) is 4.79 Å². The number of oxime groups is 1. The third-order valence-corrected chi connectivity index (χ3v) is 4.46.